The van der Waals surface area contributed by atoms with Crippen LogP contribution in [0.4, 0.5) is 10.5 Å². The van der Waals surface area contributed by atoms with Crippen LogP contribution >= 0.6 is 0 Å². The Labute approximate surface area is 103 Å². The Morgan fingerprint density at radius 3 is 1.88 bits per heavy atom. The average Bonchev–Trinajstić information content (AvgIpc) is 2.14. The van der Waals surface area contributed by atoms with Gasteiger partial charge in [0, 0.05) is 7.05 Å². The van der Waals surface area contributed by atoms with Crippen LogP contribution in [0.5, 0.6) is 0 Å². The van der Waals surface area contributed by atoms with E-state index >= 15 is 0 Å². The summed E-state index contributed by atoms with van der Waals surface area (Å²) >= 11 is 0. The number of carboxylic acid groups (broad SMARTS) is 1. The summed E-state index contributed by atoms with van der Waals surface area (Å²) in [7, 11) is 1.58. The van der Waals surface area contributed by atoms with Gasteiger partial charge < -0.3 is 5.11 Å². The highest BCUT2D eigenvalue weighted by Gasteiger charge is 2.19. The molecule has 1 rings (SSSR count). The first-order chi connectivity index (χ1) is 7.64. The van der Waals surface area contributed by atoms with Crippen LogP contribution in [0.1, 0.15) is 37.5 Å². The van der Waals surface area contributed by atoms with Gasteiger partial charge in [0.25, 0.3) is 0 Å². The van der Waals surface area contributed by atoms with E-state index in [2.05, 4.69) is 32.9 Å². The molecule has 1 N–H and O–H groups in total. The Balaban J connectivity index is 3.34. The van der Waals surface area contributed by atoms with E-state index in [1.54, 1.807) is 7.05 Å². The third-order valence-electron chi connectivity index (χ3n) is 2.98. The molecular weight excluding hydrogens is 214 g/mol. The molecule has 3 nitrogen and oxygen atoms in total. The molecule has 0 atom stereocenters. The first kappa shape index (κ1) is 13.6. The summed E-state index contributed by atoms with van der Waals surface area (Å²) in [5.41, 5.74) is 4.09. The molecule has 0 aromatic heterocycles. The monoisotopic (exact) mass is 235 g/mol. The van der Waals surface area contributed by atoms with Gasteiger partial charge >= 0.3 is 6.09 Å². The molecule has 0 spiro atoms. The van der Waals surface area contributed by atoms with Crippen LogP contribution in [-0.2, 0) is 5.41 Å². The van der Waals surface area contributed by atoms with Crippen LogP contribution in [0.3, 0.4) is 0 Å². The van der Waals surface area contributed by atoms with Gasteiger partial charge in [0.05, 0.1) is 5.69 Å². The summed E-state index contributed by atoms with van der Waals surface area (Å²) in [5.74, 6) is 0. The van der Waals surface area contributed by atoms with Gasteiger partial charge in [-0.1, -0.05) is 32.9 Å². The molecule has 0 saturated heterocycles. The number of aryl methyl sites for hydroxylation is 2. The van der Waals surface area contributed by atoms with Gasteiger partial charge in [0.2, 0.25) is 0 Å². The zero-order valence-electron chi connectivity index (χ0n) is 11.5. The van der Waals surface area contributed by atoms with Crippen LogP contribution in [0.25, 0.3) is 0 Å². The summed E-state index contributed by atoms with van der Waals surface area (Å²) in [4.78, 5) is 12.3. The predicted molar refractivity (Wildman–Crippen MR) is 71.0 cm³/mol. The molecule has 0 unspecified atom stereocenters. The number of rotatable bonds is 1. The molecule has 94 valence electrons. The molecule has 1 aromatic carbocycles. The van der Waals surface area contributed by atoms with Crippen molar-refractivity contribution in [3.63, 3.8) is 0 Å². The molecule has 0 aliphatic rings. The molecular formula is C14H21NO2. The van der Waals surface area contributed by atoms with Crippen molar-refractivity contribution < 1.29 is 9.90 Å². The molecule has 0 radical (unpaired) electrons. The Morgan fingerprint density at radius 2 is 1.59 bits per heavy atom. The number of hydrogen-bond acceptors (Lipinski definition) is 1. The Kier molecular flexibility index (Phi) is 3.51. The van der Waals surface area contributed by atoms with Gasteiger partial charge in [-0.05, 0) is 36.0 Å². The number of carbonyl (C=O) groups is 1. The van der Waals surface area contributed by atoms with Crippen molar-refractivity contribution in [1.29, 1.82) is 0 Å². The average molecular weight is 235 g/mol. The smallest absolute Gasteiger partial charge is 0.411 e. The maximum Gasteiger partial charge on any atom is 0.411 e. The minimum Gasteiger partial charge on any atom is -0.465 e. The van der Waals surface area contributed by atoms with Crippen molar-refractivity contribution >= 4 is 11.8 Å². The topological polar surface area (TPSA) is 40.5 Å². The van der Waals surface area contributed by atoms with Gasteiger partial charge in [-0.15, -0.1) is 0 Å². The number of hydrogen-bond donors (Lipinski definition) is 1. The van der Waals surface area contributed by atoms with Crippen LogP contribution in [0.2, 0.25) is 0 Å². The van der Waals surface area contributed by atoms with E-state index in [1.807, 2.05) is 13.8 Å². The van der Waals surface area contributed by atoms with E-state index < -0.39 is 6.09 Å². The summed E-state index contributed by atoms with van der Waals surface area (Å²) in [5, 5.41) is 9.04. The largest absolute Gasteiger partial charge is 0.465 e. The Morgan fingerprint density at radius 1 is 1.18 bits per heavy atom. The fourth-order valence-corrected chi connectivity index (χ4v) is 2.01. The van der Waals surface area contributed by atoms with Crippen LogP contribution in [0, 0.1) is 13.8 Å². The first-order valence-electron chi connectivity index (χ1n) is 5.73. The summed E-state index contributed by atoms with van der Waals surface area (Å²) in [6.45, 7) is 10.4. The van der Waals surface area contributed by atoms with Gasteiger partial charge in [-0.2, -0.15) is 0 Å². The molecule has 0 bridgehead atoms. The summed E-state index contributed by atoms with van der Waals surface area (Å²) in [6, 6.07) is 4.14. The lowest BCUT2D eigenvalue weighted by molar-refractivity contribution is 0.203. The number of benzene rings is 1. The zero-order chi connectivity index (χ0) is 13.4. The van der Waals surface area contributed by atoms with Crippen molar-refractivity contribution in [2.75, 3.05) is 11.9 Å². The third-order valence-corrected chi connectivity index (χ3v) is 2.98. The molecule has 3 heteroatoms. The quantitative estimate of drug-likeness (QED) is 0.806. The predicted octanol–water partition coefficient (Wildman–Crippen LogP) is 3.72. The first-order valence-corrected chi connectivity index (χ1v) is 5.73. The highest BCUT2D eigenvalue weighted by atomic mass is 16.4. The second-order valence-corrected chi connectivity index (χ2v) is 5.55. The van der Waals surface area contributed by atoms with E-state index in [1.165, 1.54) is 10.5 Å². The van der Waals surface area contributed by atoms with Gasteiger partial charge in [0.1, 0.15) is 0 Å². The van der Waals surface area contributed by atoms with E-state index in [4.69, 9.17) is 5.11 Å². The van der Waals surface area contributed by atoms with Gasteiger partial charge in [0.15, 0.2) is 0 Å². The highest BCUT2D eigenvalue weighted by Crippen LogP contribution is 2.31. The van der Waals surface area contributed by atoms with Crippen molar-refractivity contribution in [3.8, 4) is 0 Å². The summed E-state index contributed by atoms with van der Waals surface area (Å²) < 4.78 is 0. The Bertz CT molecular complexity index is 421. The highest BCUT2D eigenvalue weighted by molar-refractivity contribution is 5.87. The van der Waals surface area contributed by atoms with Crippen molar-refractivity contribution in [2.45, 2.75) is 40.0 Å². The maximum absolute atomic E-state index is 11.0. The molecule has 1 aromatic rings. The van der Waals surface area contributed by atoms with E-state index in [-0.39, 0.29) is 5.41 Å². The molecule has 0 saturated carbocycles. The number of anilines is 1. The van der Waals surface area contributed by atoms with Gasteiger partial charge in [-0.25, -0.2) is 4.79 Å². The molecule has 0 aliphatic heterocycles. The van der Waals surface area contributed by atoms with E-state index in [9.17, 15) is 4.79 Å². The van der Waals surface area contributed by atoms with Crippen LogP contribution < -0.4 is 4.90 Å². The van der Waals surface area contributed by atoms with Gasteiger partial charge in [-0.3, -0.25) is 4.90 Å². The molecule has 0 heterocycles. The third kappa shape index (κ3) is 2.78. The fourth-order valence-electron chi connectivity index (χ4n) is 2.01. The normalized spacial score (nSPS) is 11.4. The second kappa shape index (κ2) is 4.40. The van der Waals surface area contributed by atoms with E-state index in [0.717, 1.165) is 16.8 Å². The minimum absolute atomic E-state index is 0.0792. The van der Waals surface area contributed by atoms with Crippen molar-refractivity contribution in [2.24, 2.45) is 0 Å². The second-order valence-electron chi connectivity index (χ2n) is 5.55. The Hall–Kier alpha value is -1.51. The lowest BCUT2D eigenvalue weighted by atomic mass is 9.84. The molecule has 0 fully saturated rings. The van der Waals surface area contributed by atoms with Crippen LogP contribution in [-0.4, -0.2) is 18.2 Å². The molecule has 1 amide bonds. The molecule has 0 aliphatic carbocycles. The fraction of sp³-hybridized carbons (Fsp3) is 0.500. The van der Waals surface area contributed by atoms with Crippen molar-refractivity contribution in [1.82, 2.24) is 0 Å². The number of nitrogens with zero attached hydrogens (tertiary/aromatic N) is 1. The van der Waals surface area contributed by atoms with Crippen molar-refractivity contribution in [3.05, 3.63) is 28.8 Å². The lowest BCUT2D eigenvalue weighted by Gasteiger charge is -2.24. The molecule has 17 heavy (non-hydrogen) atoms. The SMILES string of the molecule is Cc1cc(C(C)(C)C)cc(C)c1N(C)C(=O)O. The standard InChI is InChI=1S/C14H21NO2/c1-9-7-11(14(3,4)5)8-10(2)12(9)15(6)13(16)17/h7-8H,1-6H3,(H,16,17). The summed E-state index contributed by atoms with van der Waals surface area (Å²) in [6.07, 6.45) is -0.931. The number of amides is 1. The zero-order valence-corrected chi connectivity index (χ0v) is 11.5. The maximum atomic E-state index is 11.0. The van der Waals surface area contributed by atoms with Crippen LogP contribution in [0.15, 0.2) is 12.1 Å². The lowest BCUT2D eigenvalue weighted by Crippen LogP contribution is -2.26. The minimum atomic E-state index is -0.931. The van der Waals surface area contributed by atoms with E-state index in [0.29, 0.717) is 0 Å².